The largest absolute Gasteiger partial charge is 0.508 e. The van der Waals surface area contributed by atoms with Gasteiger partial charge in [-0.25, -0.2) is 0 Å². The van der Waals surface area contributed by atoms with Gasteiger partial charge in [-0.15, -0.1) is 11.3 Å². The third kappa shape index (κ3) is 2.67. The van der Waals surface area contributed by atoms with Crippen molar-refractivity contribution in [1.29, 1.82) is 0 Å². The molecule has 3 heteroatoms. The summed E-state index contributed by atoms with van der Waals surface area (Å²) in [5.74, 6) is 0.339. The highest BCUT2D eigenvalue weighted by molar-refractivity contribution is 7.10. The fraction of sp³-hybridized carbons (Fsp3) is 0.375. The second kappa shape index (κ2) is 5.35. The van der Waals surface area contributed by atoms with Crippen molar-refractivity contribution in [3.63, 3.8) is 0 Å². The molecule has 3 rings (SSSR count). The predicted molar refractivity (Wildman–Crippen MR) is 79.7 cm³/mol. The number of phenolic OH excluding ortho intramolecular Hbond substituents is 1. The average molecular weight is 273 g/mol. The third-order valence-electron chi connectivity index (χ3n) is 3.87. The molecule has 2 aromatic rings. The lowest BCUT2D eigenvalue weighted by molar-refractivity contribution is 0.416. The topological polar surface area (TPSA) is 32.3 Å². The minimum absolute atomic E-state index is 0.253. The zero-order chi connectivity index (χ0) is 13.2. The van der Waals surface area contributed by atoms with Gasteiger partial charge in [0.2, 0.25) is 0 Å². The molecular weight excluding hydrogens is 254 g/mol. The van der Waals surface area contributed by atoms with Crippen LogP contribution in [0.2, 0.25) is 0 Å². The van der Waals surface area contributed by atoms with Crippen molar-refractivity contribution in [1.82, 2.24) is 5.32 Å². The Morgan fingerprint density at radius 3 is 3.11 bits per heavy atom. The summed E-state index contributed by atoms with van der Waals surface area (Å²) in [6, 6.07) is 10.5. The Labute approximate surface area is 118 Å². The van der Waals surface area contributed by atoms with E-state index in [1.54, 1.807) is 6.07 Å². The standard InChI is InChI=1S/C16H19NOS/c1-11(12-4-2-5-13(18)10-12)17-15-6-3-7-16-14(15)8-9-19-16/h2,4-5,8-11,15,17-18H,3,6-7H2,1H3. The molecule has 1 aromatic heterocycles. The molecule has 19 heavy (non-hydrogen) atoms. The summed E-state index contributed by atoms with van der Waals surface area (Å²) in [5.41, 5.74) is 2.62. The van der Waals surface area contributed by atoms with E-state index in [9.17, 15) is 5.11 Å². The summed E-state index contributed by atoms with van der Waals surface area (Å²) in [6.45, 7) is 2.16. The number of hydrogen-bond donors (Lipinski definition) is 2. The van der Waals surface area contributed by atoms with Gasteiger partial charge < -0.3 is 10.4 Å². The van der Waals surface area contributed by atoms with Gasteiger partial charge in [0.1, 0.15) is 5.75 Å². The Morgan fingerprint density at radius 2 is 2.26 bits per heavy atom. The summed E-state index contributed by atoms with van der Waals surface area (Å²) in [5, 5.41) is 15.5. The first kappa shape index (κ1) is 12.7. The van der Waals surface area contributed by atoms with Gasteiger partial charge in [-0.3, -0.25) is 0 Å². The van der Waals surface area contributed by atoms with Crippen LogP contribution in [0.3, 0.4) is 0 Å². The Balaban J connectivity index is 1.76. The second-order valence-corrected chi connectivity index (χ2v) is 6.23. The summed E-state index contributed by atoms with van der Waals surface area (Å²) in [7, 11) is 0. The Bertz CT molecular complexity index is 563. The molecule has 0 radical (unpaired) electrons. The lowest BCUT2D eigenvalue weighted by Gasteiger charge is -2.27. The van der Waals surface area contributed by atoms with Gasteiger partial charge in [-0.1, -0.05) is 12.1 Å². The van der Waals surface area contributed by atoms with Gasteiger partial charge in [0.25, 0.3) is 0 Å². The molecule has 2 unspecified atom stereocenters. The smallest absolute Gasteiger partial charge is 0.115 e. The van der Waals surface area contributed by atoms with Crippen LogP contribution in [-0.4, -0.2) is 5.11 Å². The van der Waals surface area contributed by atoms with Crippen LogP contribution in [0.4, 0.5) is 0 Å². The summed E-state index contributed by atoms with van der Waals surface area (Å²) >= 11 is 1.87. The van der Waals surface area contributed by atoms with Crippen molar-refractivity contribution in [3.8, 4) is 5.75 Å². The molecule has 2 nitrogen and oxygen atoms in total. The SMILES string of the molecule is CC(NC1CCCc2sccc21)c1cccc(O)c1. The minimum Gasteiger partial charge on any atom is -0.508 e. The van der Waals surface area contributed by atoms with Crippen molar-refractivity contribution in [2.75, 3.05) is 0 Å². The van der Waals surface area contributed by atoms with Crippen LogP contribution >= 0.6 is 11.3 Å². The fourth-order valence-electron chi connectivity index (χ4n) is 2.85. The van der Waals surface area contributed by atoms with Crippen LogP contribution in [0.1, 0.15) is 47.9 Å². The van der Waals surface area contributed by atoms with E-state index in [0.717, 1.165) is 5.56 Å². The maximum atomic E-state index is 9.57. The van der Waals surface area contributed by atoms with Gasteiger partial charge in [0.05, 0.1) is 0 Å². The van der Waals surface area contributed by atoms with E-state index in [1.165, 1.54) is 29.7 Å². The summed E-state index contributed by atoms with van der Waals surface area (Å²) in [6.07, 6.45) is 3.69. The number of rotatable bonds is 3. The number of benzene rings is 1. The van der Waals surface area contributed by atoms with Crippen LogP contribution in [0.25, 0.3) is 0 Å². The molecule has 2 atom stereocenters. The lowest BCUT2D eigenvalue weighted by Crippen LogP contribution is -2.27. The maximum absolute atomic E-state index is 9.57. The molecule has 1 aliphatic rings. The Kier molecular flexibility index (Phi) is 3.58. The number of fused-ring (bicyclic) bond motifs is 1. The highest BCUT2D eigenvalue weighted by Crippen LogP contribution is 2.34. The second-order valence-electron chi connectivity index (χ2n) is 5.23. The molecular formula is C16H19NOS. The van der Waals surface area contributed by atoms with Gasteiger partial charge in [0, 0.05) is 17.0 Å². The summed E-state index contributed by atoms with van der Waals surface area (Å²) in [4.78, 5) is 1.53. The fourth-order valence-corrected chi connectivity index (χ4v) is 3.84. The van der Waals surface area contributed by atoms with Gasteiger partial charge in [-0.2, -0.15) is 0 Å². The molecule has 0 saturated heterocycles. The van der Waals surface area contributed by atoms with Crippen LogP contribution in [0.15, 0.2) is 35.7 Å². The van der Waals surface area contributed by atoms with Crippen molar-refractivity contribution in [3.05, 3.63) is 51.7 Å². The summed E-state index contributed by atoms with van der Waals surface area (Å²) < 4.78 is 0. The van der Waals surface area contributed by atoms with Gasteiger partial charge in [-0.05, 0) is 60.9 Å². The average Bonchev–Trinajstić information content (AvgIpc) is 2.88. The number of hydrogen-bond acceptors (Lipinski definition) is 3. The first-order valence-corrected chi connectivity index (χ1v) is 7.73. The van der Waals surface area contributed by atoms with Crippen LogP contribution in [0, 0.1) is 0 Å². The first-order valence-electron chi connectivity index (χ1n) is 6.85. The molecule has 1 heterocycles. The van der Waals surface area contributed by atoms with E-state index < -0.39 is 0 Å². The quantitative estimate of drug-likeness (QED) is 0.879. The molecule has 0 fully saturated rings. The van der Waals surface area contributed by atoms with E-state index in [2.05, 4.69) is 29.8 Å². The molecule has 1 aromatic carbocycles. The van der Waals surface area contributed by atoms with Crippen LogP contribution in [0.5, 0.6) is 5.75 Å². The molecule has 0 bridgehead atoms. The number of thiophene rings is 1. The van der Waals surface area contributed by atoms with Crippen molar-refractivity contribution in [2.24, 2.45) is 0 Å². The van der Waals surface area contributed by atoms with Crippen LogP contribution in [-0.2, 0) is 6.42 Å². The van der Waals surface area contributed by atoms with Gasteiger partial charge >= 0.3 is 0 Å². The van der Waals surface area contributed by atoms with E-state index in [-0.39, 0.29) is 6.04 Å². The Hall–Kier alpha value is -1.32. The molecule has 0 spiro atoms. The van der Waals surface area contributed by atoms with E-state index in [4.69, 9.17) is 0 Å². The van der Waals surface area contributed by atoms with Crippen molar-refractivity contribution >= 4 is 11.3 Å². The lowest BCUT2D eigenvalue weighted by atomic mass is 9.93. The zero-order valence-corrected chi connectivity index (χ0v) is 11.9. The van der Waals surface area contributed by atoms with E-state index in [0.29, 0.717) is 11.8 Å². The molecule has 0 aliphatic heterocycles. The third-order valence-corrected chi connectivity index (χ3v) is 4.87. The molecule has 1 aliphatic carbocycles. The molecule has 0 amide bonds. The molecule has 2 N–H and O–H groups in total. The zero-order valence-electron chi connectivity index (χ0n) is 11.1. The molecule has 100 valence electrons. The normalized spacial score (nSPS) is 19.9. The monoisotopic (exact) mass is 273 g/mol. The number of aryl methyl sites for hydroxylation is 1. The minimum atomic E-state index is 0.253. The first-order chi connectivity index (χ1) is 9.24. The number of phenols is 1. The van der Waals surface area contributed by atoms with Crippen molar-refractivity contribution in [2.45, 2.75) is 38.3 Å². The number of aromatic hydroxyl groups is 1. The van der Waals surface area contributed by atoms with E-state index >= 15 is 0 Å². The predicted octanol–water partition coefficient (Wildman–Crippen LogP) is 4.18. The Morgan fingerprint density at radius 1 is 1.37 bits per heavy atom. The highest BCUT2D eigenvalue weighted by Gasteiger charge is 2.22. The number of nitrogens with one attached hydrogen (secondary N) is 1. The highest BCUT2D eigenvalue weighted by atomic mass is 32.1. The molecule has 0 saturated carbocycles. The van der Waals surface area contributed by atoms with Crippen LogP contribution < -0.4 is 5.32 Å². The maximum Gasteiger partial charge on any atom is 0.115 e. The van der Waals surface area contributed by atoms with Gasteiger partial charge in [0.15, 0.2) is 0 Å². The van der Waals surface area contributed by atoms with E-state index in [1.807, 2.05) is 23.5 Å². The van der Waals surface area contributed by atoms with Crippen molar-refractivity contribution < 1.29 is 5.11 Å².